The van der Waals surface area contributed by atoms with Gasteiger partial charge >= 0.3 is 24.5 Å². The van der Waals surface area contributed by atoms with E-state index < -0.39 is 77.4 Å². The number of hydrogen-bond donors (Lipinski definition) is 9. The number of nitrogens with one attached hydrogen (secondary N) is 2. The Kier molecular flexibility index (Phi) is 53.8. The zero-order valence-corrected chi connectivity index (χ0v) is 78.1. The number of nitriles is 1. The van der Waals surface area contributed by atoms with Gasteiger partial charge in [-0.15, -0.1) is 0 Å². The summed E-state index contributed by atoms with van der Waals surface area (Å²) in [7, 11) is 0. The third kappa shape index (κ3) is 55.1. The van der Waals surface area contributed by atoms with E-state index in [9.17, 15) is 49.5 Å². The summed E-state index contributed by atoms with van der Waals surface area (Å²) >= 11 is 8.77. The fourth-order valence-electron chi connectivity index (χ4n) is 9.96. The van der Waals surface area contributed by atoms with Gasteiger partial charge in [-0.2, -0.15) is 5.26 Å². The van der Waals surface area contributed by atoms with Crippen molar-refractivity contribution in [3.8, 4) is 29.8 Å². The Morgan fingerprint density at radius 1 is 0.462 bits per heavy atom. The van der Waals surface area contributed by atoms with Gasteiger partial charge in [-0.3, -0.25) is 4.79 Å². The number of hydrogen-bond acceptors (Lipinski definition) is 21. The maximum Gasteiger partial charge on any atom is 0.519 e. The summed E-state index contributed by atoms with van der Waals surface area (Å²) in [5.41, 5.74) is 15.2. The van der Waals surface area contributed by atoms with E-state index in [0.717, 1.165) is 124 Å². The Labute approximate surface area is 747 Å². The van der Waals surface area contributed by atoms with E-state index in [2.05, 4.69) is 129 Å². The first kappa shape index (κ1) is 106. The van der Waals surface area contributed by atoms with Crippen LogP contribution in [0.25, 0.3) is 0 Å². The van der Waals surface area contributed by atoms with Gasteiger partial charge in [0, 0.05) is 70.5 Å². The number of carbonyl (C=O) groups is 5. The number of nitrogens with two attached hydrogens (primary N) is 2. The molecule has 0 radical (unpaired) electrons. The fraction of sp³-hybridized carbons (Fsp3) is 0.489. The van der Waals surface area contributed by atoms with Crippen molar-refractivity contribution in [2.24, 2.45) is 11.5 Å². The minimum absolute atomic E-state index is 0.00959. The van der Waals surface area contributed by atoms with E-state index in [1.165, 1.54) is 19.3 Å². The lowest BCUT2D eigenvalue weighted by molar-refractivity contribution is -0.0295. The highest BCUT2D eigenvalue weighted by Crippen LogP contribution is 2.24. The summed E-state index contributed by atoms with van der Waals surface area (Å²) in [4.78, 5) is 55.2. The van der Waals surface area contributed by atoms with Gasteiger partial charge in [-0.05, 0) is 364 Å². The lowest BCUT2D eigenvalue weighted by Gasteiger charge is -2.20. The van der Waals surface area contributed by atoms with Crippen LogP contribution in [0.15, 0.2) is 146 Å². The van der Waals surface area contributed by atoms with E-state index >= 15 is 0 Å². The molecule has 6 aromatic carbocycles. The number of benzene rings is 6. The monoisotopic (exact) mass is 2070 g/mol. The average Bonchev–Trinajstić information content (AvgIpc) is 0.972. The van der Waals surface area contributed by atoms with Crippen LogP contribution in [-0.2, 0) is 37.9 Å². The number of alkyl carbamates (subject to hydrolysis) is 2. The molecule has 11 N–H and O–H groups in total. The van der Waals surface area contributed by atoms with Crippen LogP contribution in [0.1, 0.15) is 246 Å². The topological polar surface area (TPSA) is 360 Å². The van der Waals surface area contributed by atoms with E-state index in [4.69, 9.17) is 49.9 Å². The van der Waals surface area contributed by atoms with Crippen LogP contribution in [-0.4, -0.2) is 144 Å². The summed E-state index contributed by atoms with van der Waals surface area (Å²) in [6, 6.07) is 47.7. The van der Waals surface area contributed by atoms with E-state index in [-0.39, 0.29) is 18.6 Å². The van der Waals surface area contributed by atoms with E-state index in [1.54, 1.807) is 47.6 Å². The minimum atomic E-state index is -1.06. The maximum atomic E-state index is 11.6. The standard InChI is InChI=1S/C21H29NO4.C16H21NO2.C14H20INO3.C10H18O5.C9H12INO.C9H8INO.C7H5IO.C4H8O/c1-21(2,3)26-20(24)22-13-12-19(23)17-8-6-7-16(15-17)10-11-18-9-4-5-14-25-18;17-10-9-16(18)14-5-3-4-13(12-14)7-8-15-6-1-2-11-19-15;1-14(2,3)19-13(18)16-8-7-12(17)10-5-4-6-11(15)9-10;1-9(2,3)14-7(11)13-8(12)15-10(4,5)6;2*10-8-3-1-2-7(6-8)9(12)4-5-11;8-7-3-1-2-6(4-7)5-9;1-2-4-5-3-1/h6-8,15,18-19,23H,4-5,9,12-14H2,1-3H3,(H,22,24);3-5,12,15-16,18H,1-2,6,9-11,17H2;4-6,9,12,17H,7-8H2,1-3H3,(H,16,18);1-6H3;1-3,6,9,12H,4-5,11H2;1-3,6,9,12H,4H2;1-5H;1-4H2. The highest BCUT2D eigenvalue weighted by molar-refractivity contribution is 14.1. The molecule has 0 saturated carbocycles. The number of nitrogens with zero attached hydrogens (tertiary/aromatic N) is 1. The number of halogens is 4. The van der Waals surface area contributed by atoms with Crippen molar-refractivity contribution in [1.29, 1.82) is 5.26 Å². The second-order valence-corrected chi connectivity index (χ2v) is 35.7. The number of aliphatic hydroxyl groups is 5. The van der Waals surface area contributed by atoms with Crippen LogP contribution in [0, 0.1) is 49.3 Å². The van der Waals surface area contributed by atoms with Crippen molar-refractivity contribution in [3.05, 3.63) is 204 Å². The molecule has 0 aromatic heterocycles. The molecule has 642 valence electrons. The van der Waals surface area contributed by atoms with Crippen LogP contribution in [0.3, 0.4) is 0 Å². The molecular formula is C90H121I4N5O18. The molecule has 0 bridgehead atoms. The van der Waals surface area contributed by atoms with Gasteiger partial charge in [-0.1, -0.05) is 96.5 Å². The van der Waals surface area contributed by atoms with Crippen molar-refractivity contribution in [2.75, 3.05) is 52.6 Å². The molecule has 3 aliphatic rings. The maximum absolute atomic E-state index is 11.6. The predicted octanol–water partition coefficient (Wildman–Crippen LogP) is 18.5. The van der Waals surface area contributed by atoms with Gasteiger partial charge in [0.1, 0.15) is 40.9 Å². The zero-order valence-electron chi connectivity index (χ0n) is 69.5. The van der Waals surface area contributed by atoms with Gasteiger partial charge in [0.25, 0.3) is 0 Å². The molecule has 7 unspecified atom stereocenters. The SMILES string of the molecule is C1CCOC1.CC(C)(C)OC(=O)NCCC(O)c1cccc(C#CC2CCCCO2)c1.CC(C)(C)OC(=O)NCCC(O)c1cccc(I)c1.CC(C)(C)OC(=O)OC(=O)OC(C)(C)C.N#CCC(O)c1cccc(I)c1.NCCC(O)c1cccc(C#CC2CCCCO2)c1.NCCC(O)c1cccc(I)c1.O=Cc1cccc(I)c1. The molecule has 117 heavy (non-hydrogen) atoms. The predicted molar refractivity (Wildman–Crippen MR) is 490 cm³/mol. The number of amides is 2. The van der Waals surface area contributed by atoms with E-state index in [1.807, 2.05) is 187 Å². The van der Waals surface area contributed by atoms with Gasteiger partial charge in [0.05, 0.1) is 43.0 Å². The Hall–Kier alpha value is -6.60. The van der Waals surface area contributed by atoms with Crippen molar-refractivity contribution < 1.29 is 87.4 Å². The van der Waals surface area contributed by atoms with Crippen LogP contribution < -0.4 is 22.1 Å². The van der Waals surface area contributed by atoms with Crippen molar-refractivity contribution in [2.45, 2.75) is 232 Å². The first-order valence-electron chi connectivity index (χ1n) is 39.0. The van der Waals surface area contributed by atoms with Gasteiger partial charge in [0.15, 0.2) is 0 Å². The lowest BCUT2D eigenvalue weighted by atomic mass is 10.0. The minimum Gasteiger partial charge on any atom is -0.444 e. The summed E-state index contributed by atoms with van der Waals surface area (Å²) in [5, 5.41) is 62.9. The van der Waals surface area contributed by atoms with Crippen LogP contribution in [0.4, 0.5) is 19.2 Å². The summed E-state index contributed by atoms with van der Waals surface area (Å²) in [5.74, 6) is 12.6. The molecule has 3 heterocycles. The second kappa shape index (κ2) is 59.2. The van der Waals surface area contributed by atoms with Crippen LogP contribution in [0.5, 0.6) is 0 Å². The molecule has 27 heteroatoms. The summed E-state index contributed by atoms with van der Waals surface area (Å²) in [6.07, 6.45) is 6.41. The Bertz CT molecular complexity index is 4010. The fourth-order valence-corrected chi connectivity index (χ4v) is 12.2. The second-order valence-electron chi connectivity index (χ2n) is 30.7. The molecule has 0 aliphatic carbocycles. The van der Waals surface area contributed by atoms with Crippen molar-refractivity contribution >= 4 is 121 Å². The Morgan fingerprint density at radius 2 is 0.786 bits per heavy atom. The third-order valence-corrected chi connectivity index (χ3v) is 18.1. The number of carbonyl (C=O) groups excluding carboxylic acids is 5. The molecule has 3 aliphatic heterocycles. The number of aldehydes is 1. The first-order chi connectivity index (χ1) is 55.2. The number of rotatable bonds is 17. The molecule has 6 aromatic rings. The molecular weight excluding hydrogens is 1950 g/mol. The molecule has 2 amide bonds. The quantitative estimate of drug-likeness (QED) is 0.0102. The molecule has 3 fully saturated rings. The molecule has 0 spiro atoms. The largest absolute Gasteiger partial charge is 0.519 e. The number of aliphatic hydroxyl groups excluding tert-OH is 5. The number of ether oxygens (including phenoxy) is 8. The smallest absolute Gasteiger partial charge is 0.444 e. The first-order valence-corrected chi connectivity index (χ1v) is 43.3. The third-order valence-electron chi connectivity index (χ3n) is 15.5. The highest BCUT2D eigenvalue weighted by atomic mass is 127. The molecule has 3 saturated heterocycles. The normalized spacial score (nSPS) is 15.3. The van der Waals surface area contributed by atoms with Gasteiger partial charge in [0.2, 0.25) is 0 Å². The Morgan fingerprint density at radius 3 is 1.08 bits per heavy atom. The van der Waals surface area contributed by atoms with Crippen molar-refractivity contribution in [1.82, 2.24) is 10.6 Å². The van der Waals surface area contributed by atoms with Crippen LogP contribution in [0.2, 0.25) is 0 Å². The lowest BCUT2D eigenvalue weighted by Crippen LogP contribution is -2.33. The summed E-state index contributed by atoms with van der Waals surface area (Å²) < 4.78 is 44.6. The molecule has 23 nitrogen and oxygen atoms in total. The van der Waals surface area contributed by atoms with E-state index in [0.29, 0.717) is 51.9 Å². The van der Waals surface area contributed by atoms with Gasteiger partial charge < -0.3 is 85.5 Å². The highest BCUT2D eigenvalue weighted by Gasteiger charge is 2.25. The summed E-state index contributed by atoms with van der Waals surface area (Å²) in [6.45, 7) is 26.2. The molecule has 7 atom stereocenters. The van der Waals surface area contributed by atoms with Crippen LogP contribution >= 0.6 is 90.4 Å². The van der Waals surface area contributed by atoms with Crippen molar-refractivity contribution in [3.63, 3.8) is 0 Å². The van der Waals surface area contributed by atoms with Gasteiger partial charge in [-0.25, -0.2) is 19.2 Å². The molecule has 9 rings (SSSR count). The average molecular weight is 2070 g/mol. The zero-order chi connectivity index (χ0) is 87.4. The Balaban J connectivity index is 0.000000467.